The molecule has 0 bridgehead atoms. The van der Waals surface area contributed by atoms with Gasteiger partial charge in [0.25, 0.3) is 0 Å². The van der Waals surface area contributed by atoms with Crippen LogP contribution in [0.5, 0.6) is 0 Å². The van der Waals surface area contributed by atoms with Gasteiger partial charge in [-0.25, -0.2) is 14.2 Å². The van der Waals surface area contributed by atoms with Crippen molar-refractivity contribution in [2.75, 3.05) is 6.54 Å². The number of amides is 1. The monoisotopic (exact) mass is 579 g/mol. The van der Waals surface area contributed by atoms with E-state index in [1.807, 2.05) is 0 Å². The first-order valence-electron chi connectivity index (χ1n) is 11.0. The Hall–Kier alpha value is -1.85. The molecule has 5 nitrogen and oxygen atoms in total. The molecule has 2 aromatic rings. The summed E-state index contributed by atoms with van der Waals surface area (Å²) < 4.78 is 61.4. The Morgan fingerprint density at radius 3 is 2.48 bits per heavy atom. The Balaban J connectivity index is 1.62. The van der Waals surface area contributed by atoms with Gasteiger partial charge in [-0.05, 0) is 86.7 Å². The largest absolute Gasteiger partial charge is 0.444 e. The van der Waals surface area contributed by atoms with E-state index < -0.39 is 29.3 Å². The van der Waals surface area contributed by atoms with Crippen LogP contribution >= 0.6 is 22.6 Å². The fraction of sp³-hybridized carbons (Fsp3) is 0.565. The van der Waals surface area contributed by atoms with Crippen molar-refractivity contribution in [2.45, 2.75) is 76.7 Å². The molecule has 1 aliphatic carbocycles. The number of halogens is 5. The van der Waals surface area contributed by atoms with Gasteiger partial charge in [0.2, 0.25) is 0 Å². The Bertz CT molecular complexity index is 1060. The first kappa shape index (κ1) is 24.3. The summed E-state index contributed by atoms with van der Waals surface area (Å²) >= 11 is 2.18. The second-order valence-electron chi connectivity index (χ2n) is 9.61. The molecule has 10 heteroatoms. The van der Waals surface area contributed by atoms with Crippen LogP contribution in [0.4, 0.5) is 22.4 Å². The van der Waals surface area contributed by atoms with Crippen LogP contribution in [0.2, 0.25) is 0 Å². The third-order valence-corrected chi connectivity index (χ3v) is 6.66. The second kappa shape index (κ2) is 8.74. The molecule has 1 aliphatic heterocycles. The fourth-order valence-electron chi connectivity index (χ4n) is 4.25. The molecule has 1 amide bonds. The number of carbonyl (C=O) groups excluding carboxylic acids is 1. The number of imidazole rings is 1. The minimum absolute atomic E-state index is 0.305. The molecule has 1 aromatic heterocycles. The lowest BCUT2D eigenvalue weighted by Gasteiger charge is -2.38. The van der Waals surface area contributed by atoms with Crippen LogP contribution in [-0.2, 0) is 23.9 Å². The number of carbonyl (C=O) groups is 1. The van der Waals surface area contributed by atoms with E-state index in [-0.39, 0.29) is 6.04 Å². The van der Waals surface area contributed by atoms with Gasteiger partial charge in [0, 0.05) is 19.0 Å². The van der Waals surface area contributed by atoms with Gasteiger partial charge in [0.1, 0.15) is 20.9 Å². The summed E-state index contributed by atoms with van der Waals surface area (Å²) in [4.78, 5) is 19.4. The maximum absolute atomic E-state index is 14.1. The zero-order valence-electron chi connectivity index (χ0n) is 18.7. The number of ether oxygens (including phenoxy) is 1. The van der Waals surface area contributed by atoms with Gasteiger partial charge in [0.15, 0.2) is 0 Å². The fourth-order valence-corrected chi connectivity index (χ4v) is 5.15. The highest BCUT2D eigenvalue weighted by atomic mass is 127. The van der Waals surface area contributed by atoms with Crippen LogP contribution in [0.1, 0.15) is 74.6 Å². The molecule has 0 spiro atoms. The van der Waals surface area contributed by atoms with Crippen LogP contribution in [0.3, 0.4) is 0 Å². The smallest absolute Gasteiger partial charge is 0.419 e. The van der Waals surface area contributed by atoms with E-state index in [0.717, 1.165) is 40.2 Å². The van der Waals surface area contributed by atoms with E-state index in [4.69, 9.17) is 9.72 Å². The van der Waals surface area contributed by atoms with Crippen molar-refractivity contribution in [3.8, 4) is 0 Å². The maximum atomic E-state index is 14.1. The van der Waals surface area contributed by atoms with Crippen LogP contribution in [0, 0.1) is 9.52 Å². The lowest BCUT2D eigenvalue weighted by atomic mass is 9.99. The number of benzene rings is 1. The zero-order valence-corrected chi connectivity index (χ0v) is 20.8. The van der Waals surface area contributed by atoms with Gasteiger partial charge in [-0.2, -0.15) is 13.2 Å². The molecule has 2 heterocycles. The summed E-state index contributed by atoms with van der Waals surface area (Å²) in [5.41, 5.74) is -0.580. The minimum atomic E-state index is -4.73. The first-order valence-corrected chi connectivity index (χ1v) is 12.0. The van der Waals surface area contributed by atoms with Crippen molar-refractivity contribution < 1.29 is 27.1 Å². The lowest BCUT2D eigenvalue weighted by molar-refractivity contribution is -0.140. The number of aryl methyl sites for hydroxylation is 1. The molecule has 1 atom stereocenters. The van der Waals surface area contributed by atoms with E-state index in [0.29, 0.717) is 37.4 Å². The normalized spacial score (nSPS) is 18.9. The van der Waals surface area contributed by atoms with Gasteiger partial charge in [-0.1, -0.05) is 6.07 Å². The van der Waals surface area contributed by atoms with E-state index in [2.05, 4.69) is 27.2 Å². The average Bonchev–Trinajstić information content (AvgIpc) is 3.47. The molecule has 1 saturated carbocycles. The molecule has 0 N–H and O–H groups in total. The topological polar surface area (TPSA) is 47.4 Å². The lowest BCUT2D eigenvalue weighted by Crippen LogP contribution is -2.45. The number of aromatic nitrogens is 2. The highest BCUT2D eigenvalue weighted by Gasteiger charge is 2.40. The molecule has 1 unspecified atom stereocenters. The molecule has 33 heavy (non-hydrogen) atoms. The van der Waals surface area contributed by atoms with Crippen LogP contribution in [0.25, 0.3) is 0 Å². The van der Waals surface area contributed by atoms with Gasteiger partial charge in [-0.15, -0.1) is 0 Å². The zero-order chi connectivity index (χ0) is 24.1. The van der Waals surface area contributed by atoms with Crippen molar-refractivity contribution in [3.05, 3.63) is 50.4 Å². The summed E-state index contributed by atoms with van der Waals surface area (Å²) in [6.45, 7) is 6.46. The molecule has 0 radical (unpaired) electrons. The molecule has 1 fully saturated rings. The quantitative estimate of drug-likeness (QED) is 0.309. The van der Waals surface area contributed by atoms with Crippen LogP contribution in [-0.4, -0.2) is 32.7 Å². The Kier molecular flexibility index (Phi) is 6.43. The third-order valence-electron chi connectivity index (χ3n) is 5.86. The summed E-state index contributed by atoms with van der Waals surface area (Å²) in [5, 5.41) is 0. The first-order chi connectivity index (χ1) is 15.3. The molecule has 180 valence electrons. The molecular formula is C23H26F4IN3O2. The SMILES string of the molecule is CC(C)(C)OC(=O)N1CCn2c(C3CC3)nc(I)c2C1CCc1ccc(C(F)(F)F)c(F)c1. The van der Waals surface area contributed by atoms with Gasteiger partial charge >= 0.3 is 12.3 Å². The number of nitrogens with zero attached hydrogens (tertiary/aromatic N) is 3. The van der Waals surface area contributed by atoms with Gasteiger partial charge < -0.3 is 9.30 Å². The molecular weight excluding hydrogens is 553 g/mol. The highest BCUT2D eigenvalue weighted by molar-refractivity contribution is 14.1. The van der Waals surface area contributed by atoms with Crippen LogP contribution in [0.15, 0.2) is 18.2 Å². The molecule has 0 saturated heterocycles. The molecule has 1 aromatic carbocycles. The van der Waals surface area contributed by atoms with Crippen molar-refractivity contribution >= 4 is 28.7 Å². The van der Waals surface area contributed by atoms with E-state index in [1.165, 1.54) is 6.07 Å². The number of alkyl halides is 3. The number of hydrogen-bond acceptors (Lipinski definition) is 3. The van der Waals surface area contributed by atoms with Crippen molar-refractivity contribution in [1.82, 2.24) is 14.5 Å². The number of rotatable bonds is 4. The summed E-state index contributed by atoms with van der Waals surface area (Å²) in [6.07, 6.45) is -2.27. The predicted octanol–water partition coefficient (Wildman–Crippen LogP) is 6.45. The summed E-state index contributed by atoms with van der Waals surface area (Å²) in [5.74, 6) is 0.178. The molecule has 4 rings (SSSR count). The summed E-state index contributed by atoms with van der Waals surface area (Å²) in [7, 11) is 0. The van der Waals surface area contributed by atoms with Crippen molar-refractivity contribution in [1.29, 1.82) is 0 Å². The second-order valence-corrected chi connectivity index (χ2v) is 10.6. The Labute approximate surface area is 203 Å². The van der Waals surface area contributed by atoms with Crippen molar-refractivity contribution in [2.24, 2.45) is 0 Å². The van der Waals surface area contributed by atoms with Crippen LogP contribution < -0.4 is 0 Å². The highest BCUT2D eigenvalue weighted by Crippen LogP contribution is 2.44. The Morgan fingerprint density at radius 2 is 1.91 bits per heavy atom. The maximum Gasteiger partial charge on any atom is 0.419 e. The predicted molar refractivity (Wildman–Crippen MR) is 122 cm³/mol. The van der Waals surface area contributed by atoms with Gasteiger partial charge in [0.05, 0.1) is 17.3 Å². The van der Waals surface area contributed by atoms with E-state index in [9.17, 15) is 22.4 Å². The number of fused-ring (bicyclic) bond motifs is 1. The Morgan fingerprint density at radius 1 is 1.21 bits per heavy atom. The number of hydrogen-bond donors (Lipinski definition) is 0. The third kappa shape index (κ3) is 5.30. The minimum Gasteiger partial charge on any atom is -0.444 e. The molecule has 2 aliphatic rings. The summed E-state index contributed by atoms with van der Waals surface area (Å²) in [6, 6.07) is 2.63. The average molecular weight is 579 g/mol. The van der Waals surface area contributed by atoms with Crippen molar-refractivity contribution in [3.63, 3.8) is 0 Å². The van der Waals surface area contributed by atoms with E-state index in [1.54, 1.807) is 25.7 Å². The van der Waals surface area contributed by atoms with Gasteiger partial charge in [-0.3, -0.25) is 4.90 Å². The van der Waals surface area contributed by atoms with E-state index >= 15 is 0 Å². The standard InChI is InChI=1S/C23H26F4IN3O2/c1-22(2,3)33-21(32)30-10-11-31-18(19(28)29-20(31)14-6-7-14)17(30)9-5-13-4-8-15(16(24)12-13)23(25,26)27/h4,8,12,14,17H,5-7,9-11H2,1-3H3.